The molecule has 0 amide bonds. The number of hydrogen-bond donors (Lipinski definition) is 2. The molecule has 0 fully saturated rings. The first-order chi connectivity index (χ1) is 12.1. The van der Waals surface area contributed by atoms with Gasteiger partial charge in [-0.3, -0.25) is 14.3 Å². The van der Waals surface area contributed by atoms with Crippen molar-refractivity contribution in [1.82, 2.24) is 9.55 Å². The van der Waals surface area contributed by atoms with Gasteiger partial charge in [-0.1, -0.05) is 43.3 Å². The van der Waals surface area contributed by atoms with Gasteiger partial charge in [0.2, 0.25) is 0 Å². The minimum atomic E-state index is -0.429. The third kappa shape index (κ3) is 3.88. The number of aromatic amines is 1. The van der Waals surface area contributed by atoms with Gasteiger partial charge in [-0.05, 0) is 42.2 Å². The molecule has 0 unspecified atom stereocenters. The Hall–Kier alpha value is -3.08. The van der Waals surface area contributed by atoms with Crippen LogP contribution in [0.3, 0.4) is 0 Å². The highest BCUT2D eigenvalue weighted by Gasteiger charge is 2.06. The van der Waals surface area contributed by atoms with Crippen LogP contribution in [0.2, 0.25) is 0 Å². The number of nitrogens with zero attached hydrogens (tertiary/aromatic N) is 1. The Morgan fingerprint density at radius 3 is 2.48 bits per heavy atom. The van der Waals surface area contributed by atoms with Crippen molar-refractivity contribution in [3.63, 3.8) is 0 Å². The molecule has 0 aliphatic rings. The molecule has 2 aromatic carbocycles. The molecule has 25 heavy (non-hydrogen) atoms. The molecule has 0 radical (unpaired) electrons. The summed E-state index contributed by atoms with van der Waals surface area (Å²) in [4.78, 5) is 27.4. The van der Waals surface area contributed by atoms with Crippen molar-refractivity contribution >= 4 is 11.5 Å². The summed E-state index contributed by atoms with van der Waals surface area (Å²) in [5.74, 6) is 0.394. The smallest absolute Gasteiger partial charge is 0.330 e. The molecule has 0 saturated carbocycles. The Kier molecular flexibility index (Phi) is 4.84. The molecule has 3 aromatic rings. The summed E-state index contributed by atoms with van der Waals surface area (Å²) in [6, 6.07) is 16.8. The van der Waals surface area contributed by atoms with E-state index in [9.17, 15) is 9.59 Å². The zero-order valence-electron chi connectivity index (χ0n) is 14.4. The van der Waals surface area contributed by atoms with Crippen molar-refractivity contribution in [1.29, 1.82) is 0 Å². The molecule has 0 spiro atoms. The summed E-state index contributed by atoms with van der Waals surface area (Å²) >= 11 is 0. The fourth-order valence-electron chi connectivity index (χ4n) is 2.79. The molecule has 0 aliphatic carbocycles. The van der Waals surface area contributed by atoms with E-state index in [1.807, 2.05) is 48.5 Å². The summed E-state index contributed by atoms with van der Waals surface area (Å²) in [5.41, 5.74) is 3.43. The maximum Gasteiger partial charge on any atom is 0.330 e. The van der Waals surface area contributed by atoms with Gasteiger partial charge in [0, 0.05) is 11.8 Å². The first-order valence-electron chi connectivity index (χ1n) is 8.31. The normalized spacial score (nSPS) is 10.6. The molecule has 0 bridgehead atoms. The second-order valence-corrected chi connectivity index (χ2v) is 6.02. The van der Waals surface area contributed by atoms with Crippen molar-refractivity contribution in [2.45, 2.75) is 26.8 Å². The molecular weight excluding hydrogens is 314 g/mol. The Morgan fingerprint density at radius 2 is 1.80 bits per heavy atom. The number of nitrogens with one attached hydrogen (secondary N) is 2. The first kappa shape index (κ1) is 16.8. The van der Waals surface area contributed by atoms with Crippen LogP contribution in [0, 0.1) is 6.92 Å². The van der Waals surface area contributed by atoms with Gasteiger partial charge in [0.1, 0.15) is 5.82 Å². The molecule has 2 N–H and O–H groups in total. The maximum atomic E-state index is 12.3. The van der Waals surface area contributed by atoms with E-state index in [0.717, 1.165) is 17.7 Å². The highest BCUT2D eigenvalue weighted by atomic mass is 16.2. The van der Waals surface area contributed by atoms with Crippen LogP contribution in [0.25, 0.3) is 0 Å². The second-order valence-electron chi connectivity index (χ2n) is 6.02. The lowest BCUT2D eigenvalue weighted by molar-refractivity contribution is 0.701. The van der Waals surface area contributed by atoms with E-state index in [4.69, 9.17) is 0 Å². The van der Waals surface area contributed by atoms with Gasteiger partial charge >= 0.3 is 5.69 Å². The van der Waals surface area contributed by atoms with Gasteiger partial charge in [-0.25, -0.2) is 4.79 Å². The Morgan fingerprint density at radius 1 is 1.04 bits per heavy atom. The molecule has 128 valence electrons. The van der Waals surface area contributed by atoms with Gasteiger partial charge in [-0.15, -0.1) is 0 Å². The molecule has 5 nitrogen and oxygen atoms in total. The van der Waals surface area contributed by atoms with E-state index in [2.05, 4.69) is 24.1 Å². The molecule has 3 rings (SSSR count). The quantitative estimate of drug-likeness (QED) is 0.752. The number of aryl methyl sites for hydroxylation is 2. The number of H-pyrrole nitrogens is 1. The summed E-state index contributed by atoms with van der Waals surface area (Å²) in [6.45, 7) is 4.41. The fourth-order valence-corrected chi connectivity index (χ4v) is 2.79. The minimum absolute atomic E-state index is 0.250. The molecular formula is C20H21N3O2. The molecule has 0 atom stereocenters. The summed E-state index contributed by atoms with van der Waals surface area (Å²) in [7, 11) is 0. The van der Waals surface area contributed by atoms with E-state index in [1.54, 1.807) is 0 Å². The van der Waals surface area contributed by atoms with Crippen LogP contribution in [0.4, 0.5) is 11.5 Å². The predicted molar refractivity (Wildman–Crippen MR) is 101 cm³/mol. The monoisotopic (exact) mass is 335 g/mol. The van der Waals surface area contributed by atoms with Gasteiger partial charge in [0.25, 0.3) is 5.56 Å². The lowest BCUT2D eigenvalue weighted by atomic mass is 10.1. The highest BCUT2D eigenvalue weighted by Crippen LogP contribution is 2.18. The average molecular weight is 335 g/mol. The maximum absolute atomic E-state index is 12.3. The molecule has 1 aromatic heterocycles. The minimum Gasteiger partial charge on any atom is -0.342 e. The van der Waals surface area contributed by atoms with Crippen LogP contribution in [0.15, 0.2) is 64.2 Å². The topological polar surface area (TPSA) is 66.9 Å². The lowest BCUT2D eigenvalue weighted by Crippen LogP contribution is -2.35. The van der Waals surface area contributed by atoms with Gasteiger partial charge in [0.15, 0.2) is 0 Å². The van der Waals surface area contributed by atoms with Crippen LogP contribution < -0.4 is 16.6 Å². The first-order valence-corrected chi connectivity index (χ1v) is 8.31. The number of anilines is 2. The lowest BCUT2D eigenvalue weighted by Gasteiger charge is -2.11. The van der Waals surface area contributed by atoms with Crippen LogP contribution >= 0.6 is 0 Å². The van der Waals surface area contributed by atoms with E-state index in [1.165, 1.54) is 21.8 Å². The van der Waals surface area contributed by atoms with Crippen LogP contribution in [-0.2, 0) is 13.0 Å². The van der Waals surface area contributed by atoms with Crippen molar-refractivity contribution < 1.29 is 0 Å². The zero-order chi connectivity index (χ0) is 17.8. The Labute approximate surface area is 146 Å². The molecule has 5 heteroatoms. The third-order valence-corrected chi connectivity index (χ3v) is 4.21. The highest BCUT2D eigenvalue weighted by molar-refractivity contribution is 5.57. The number of rotatable bonds is 5. The zero-order valence-corrected chi connectivity index (χ0v) is 14.4. The van der Waals surface area contributed by atoms with E-state index < -0.39 is 5.69 Å². The van der Waals surface area contributed by atoms with Gasteiger partial charge in [-0.2, -0.15) is 0 Å². The summed E-state index contributed by atoms with van der Waals surface area (Å²) in [6.07, 6.45) is 0.927. The van der Waals surface area contributed by atoms with Crippen molar-refractivity contribution in [3.8, 4) is 0 Å². The predicted octanol–water partition coefficient (Wildman–Crippen LogP) is 3.20. The standard InChI is InChI=1S/C20H21N3O2/c1-3-16-11-17(10-9-14(16)2)21-18-12-19(24)23(20(25)22-18)13-15-7-5-4-6-8-15/h4-12,21H,3,13H2,1-2H3,(H,22,25). The van der Waals surface area contributed by atoms with Crippen LogP contribution in [0.5, 0.6) is 0 Å². The van der Waals surface area contributed by atoms with E-state index in [-0.39, 0.29) is 12.1 Å². The van der Waals surface area contributed by atoms with Crippen molar-refractivity contribution in [2.24, 2.45) is 0 Å². The molecule has 1 heterocycles. The average Bonchev–Trinajstić information content (AvgIpc) is 2.61. The molecule has 0 saturated heterocycles. The van der Waals surface area contributed by atoms with Gasteiger partial charge in [0.05, 0.1) is 6.54 Å². The van der Waals surface area contributed by atoms with Crippen molar-refractivity contribution in [2.75, 3.05) is 5.32 Å². The second kappa shape index (κ2) is 7.21. The Bertz CT molecular complexity index is 957. The number of aromatic nitrogens is 2. The van der Waals surface area contributed by atoms with E-state index in [0.29, 0.717) is 5.82 Å². The largest absolute Gasteiger partial charge is 0.342 e. The van der Waals surface area contributed by atoms with Crippen molar-refractivity contribution in [3.05, 3.63) is 92.1 Å². The summed E-state index contributed by atoms with van der Waals surface area (Å²) < 4.78 is 1.19. The van der Waals surface area contributed by atoms with Crippen LogP contribution in [-0.4, -0.2) is 9.55 Å². The number of hydrogen-bond acceptors (Lipinski definition) is 3. The van der Waals surface area contributed by atoms with Crippen LogP contribution in [0.1, 0.15) is 23.6 Å². The number of benzene rings is 2. The van der Waals surface area contributed by atoms with E-state index >= 15 is 0 Å². The molecule has 0 aliphatic heterocycles. The summed E-state index contributed by atoms with van der Waals surface area (Å²) in [5, 5.41) is 3.11. The Balaban J connectivity index is 1.87. The SMILES string of the molecule is CCc1cc(Nc2cc(=O)n(Cc3ccccc3)c(=O)[nH]2)ccc1C. The third-order valence-electron chi connectivity index (χ3n) is 4.21. The van der Waals surface area contributed by atoms with Gasteiger partial charge < -0.3 is 5.32 Å². The fraction of sp³-hybridized carbons (Fsp3) is 0.200.